The smallest absolute Gasteiger partial charge is 0.187 e. The van der Waals surface area contributed by atoms with E-state index in [-0.39, 0.29) is 29.1 Å². The first-order chi connectivity index (χ1) is 30.3. The van der Waals surface area contributed by atoms with Crippen molar-refractivity contribution >= 4 is 0 Å². The molecule has 18 nitrogen and oxygen atoms in total. The molecule has 366 valence electrons. The van der Waals surface area contributed by atoms with E-state index in [1.54, 1.807) is 7.11 Å². The highest BCUT2D eigenvalue weighted by molar-refractivity contribution is 5.26. The normalized spacial score (nSPS) is 57.4. The molecular formula is C46H74O18. The lowest BCUT2D eigenvalue weighted by atomic mass is 9.47. The van der Waals surface area contributed by atoms with Gasteiger partial charge in [-0.05, 0) is 92.8 Å². The third-order valence-electron chi connectivity index (χ3n) is 18.0. The second-order valence-electron chi connectivity index (χ2n) is 21.4. The Morgan fingerprint density at radius 2 is 1.39 bits per heavy atom. The molecule has 9 N–H and O–H groups in total. The van der Waals surface area contributed by atoms with Gasteiger partial charge in [-0.25, -0.2) is 0 Å². The molecule has 64 heavy (non-hydrogen) atoms. The molecule has 5 heterocycles. The molecule has 9 aliphatic rings. The van der Waals surface area contributed by atoms with Crippen molar-refractivity contribution in [2.45, 2.75) is 209 Å². The fourth-order valence-electron chi connectivity index (χ4n) is 14.2. The molecule has 1 spiro atoms. The Balaban J connectivity index is 0.901. The molecule has 0 unspecified atom stereocenters. The van der Waals surface area contributed by atoms with Gasteiger partial charge in [-0.2, -0.15) is 0 Å². The first-order valence-corrected chi connectivity index (χ1v) is 23.9. The highest BCUT2D eigenvalue weighted by Crippen LogP contribution is 2.71. The number of hydrogen-bond donors (Lipinski definition) is 9. The number of fused-ring (bicyclic) bond motifs is 7. The molecule has 5 aliphatic heterocycles. The van der Waals surface area contributed by atoms with Crippen LogP contribution in [0.25, 0.3) is 0 Å². The van der Waals surface area contributed by atoms with Gasteiger partial charge in [-0.1, -0.05) is 39.3 Å². The molecule has 27 atom stereocenters. The zero-order chi connectivity index (χ0) is 45.8. The van der Waals surface area contributed by atoms with E-state index < -0.39 is 117 Å². The quantitative estimate of drug-likeness (QED) is 0.140. The minimum atomic E-state index is -1.71. The molecule has 18 heteroatoms. The molecule has 5 saturated heterocycles. The summed E-state index contributed by atoms with van der Waals surface area (Å²) < 4.78 is 55.5. The number of rotatable bonds is 9. The van der Waals surface area contributed by atoms with Crippen LogP contribution in [-0.2, 0) is 42.6 Å². The van der Waals surface area contributed by atoms with Crippen LogP contribution in [0.4, 0.5) is 0 Å². The van der Waals surface area contributed by atoms with Crippen LogP contribution in [-0.4, -0.2) is 183 Å². The summed E-state index contributed by atoms with van der Waals surface area (Å²) >= 11 is 0. The van der Waals surface area contributed by atoms with Gasteiger partial charge in [0.2, 0.25) is 0 Å². The van der Waals surface area contributed by atoms with Crippen LogP contribution in [0.2, 0.25) is 0 Å². The fraction of sp³-hybridized carbons (Fsp3) is 0.957. The summed E-state index contributed by atoms with van der Waals surface area (Å²) in [5.41, 5.74) is 1.39. The summed E-state index contributed by atoms with van der Waals surface area (Å²) in [5.74, 6) is 1.91. The van der Waals surface area contributed by atoms with Crippen LogP contribution in [0, 0.1) is 46.3 Å². The van der Waals surface area contributed by atoms with E-state index >= 15 is 0 Å². The Morgan fingerprint density at radius 1 is 0.688 bits per heavy atom. The van der Waals surface area contributed by atoms with E-state index in [1.807, 2.05) is 0 Å². The summed E-state index contributed by atoms with van der Waals surface area (Å²) in [7, 11) is 1.72. The monoisotopic (exact) mass is 914 g/mol. The first-order valence-electron chi connectivity index (χ1n) is 23.9. The van der Waals surface area contributed by atoms with Crippen molar-refractivity contribution in [1.29, 1.82) is 0 Å². The van der Waals surface area contributed by atoms with Gasteiger partial charge < -0.3 is 88.6 Å². The molecular weight excluding hydrogens is 840 g/mol. The fourth-order valence-corrected chi connectivity index (χ4v) is 14.2. The number of aliphatic hydroxyl groups excluding tert-OH is 9. The third-order valence-corrected chi connectivity index (χ3v) is 18.0. The van der Waals surface area contributed by atoms with Crippen LogP contribution in [0.1, 0.15) is 92.4 Å². The van der Waals surface area contributed by atoms with E-state index in [2.05, 4.69) is 33.8 Å². The molecule has 0 amide bonds. The summed E-state index contributed by atoms with van der Waals surface area (Å²) in [6.45, 7) is 9.79. The molecule has 0 aromatic carbocycles. The van der Waals surface area contributed by atoms with Crippen molar-refractivity contribution in [2.75, 3.05) is 20.3 Å². The third kappa shape index (κ3) is 7.88. The predicted octanol–water partition coefficient (Wildman–Crippen LogP) is 0.187. The standard InChI is InChI=1S/C46H74O18/c1-19-9-14-46(64-40(19)56-6)20(2)30-27(63-46)16-26-24-8-7-22-15-23(10-12-44(22,4)25(24)11-13-45(26,30)5)59-43-39(62-42-38(55)34(51)31(48)21(3)58-42)36(53)33(50)29(61-43)18-57-41-37(54)35(52)32(49)28(17-47)60-41/h7,19-21,23-43,47-55H,8-18H2,1-6H3/t19-,20+,21+,23+,24-,25+,26+,27+,28-,29-,30+,31+,32-,33-,34-,35+,36+,37-,38-,39-,40-,41-,42+,43-,44+,45+,46+/m1/s1. The Morgan fingerprint density at radius 3 is 2.12 bits per heavy atom. The number of allylic oxidation sites excluding steroid dienone is 1. The maximum atomic E-state index is 11.6. The minimum Gasteiger partial charge on any atom is -0.394 e. The van der Waals surface area contributed by atoms with Crippen molar-refractivity contribution in [3.63, 3.8) is 0 Å². The lowest BCUT2D eigenvalue weighted by Crippen LogP contribution is -2.65. The van der Waals surface area contributed by atoms with E-state index in [0.29, 0.717) is 42.4 Å². The average molecular weight is 915 g/mol. The lowest BCUT2D eigenvalue weighted by Gasteiger charge is -2.59. The highest BCUT2D eigenvalue weighted by atomic mass is 16.8. The summed E-state index contributed by atoms with van der Waals surface area (Å²) in [4.78, 5) is 0. The number of hydrogen-bond acceptors (Lipinski definition) is 18. The highest BCUT2D eigenvalue weighted by Gasteiger charge is 2.69. The van der Waals surface area contributed by atoms with Crippen LogP contribution in [0.5, 0.6) is 0 Å². The first kappa shape index (κ1) is 48.1. The van der Waals surface area contributed by atoms with Crippen molar-refractivity contribution in [3.8, 4) is 0 Å². The maximum Gasteiger partial charge on any atom is 0.187 e. The summed E-state index contributed by atoms with van der Waals surface area (Å²) in [6.07, 6.45) is -12.3. The van der Waals surface area contributed by atoms with Crippen LogP contribution in [0.3, 0.4) is 0 Å². The summed E-state index contributed by atoms with van der Waals surface area (Å²) in [5, 5.41) is 95.5. The largest absolute Gasteiger partial charge is 0.394 e. The molecule has 4 aliphatic carbocycles. The second kappa shape index (κ2) is 18.1. The zero-order valence-electron chi connectivity index (χ0n) is 37.9. The molecule has 8 fully saturated rings. The van der Waals surface area contributed by atoms with Gasteiger partial charge in [-0.15, -0.1) is 0 Å². The minimum absolute atomic E-state index is 0.0578. The molecule has 9 rings (SSSR count). The van der Waals surface area contributed by atoms with E-state index in [1.165, 1.54) is 12.5 Å². The van der Waals surface area contributed by atoms with Crippen molar-refractivity contribution in [1.82, 2.24) is 0 Å². The van der Waals surface area contributed by atoms with Gasteiger partial charge >= 0.3 is 0 Å². The Labute approximate surface area is 375 Å². The Kier molecular flexibility index (Phi) is 13.6. The van der Waals surface area contributed by atoms with Gasteiger partial charge in [-0.3, -0.25) is 0 Å². The van der Waals surface area contributed by atoms with Gasteiger partial charge in [0.05, 0.1) is 31.5 Å². The molecule has 0 aromatic rings. The second-order valence-corrected chi connectivity index (χ2v) is 21.4. The lowest BCUT2D eigenvalue weighted by molar-refractivity contribution is -0.375. The average Bonchev–Trinajstić information content (AvgIpc) is 3.72. The molecule has 0 radical (unpaired) electrons. The van der Waals surface area contributed by atoms with Crippen LogP contribution in [0.15, 0.2) is 11.6 Å². The van der Waals surface area contributed by atoms with Crippen LogP contribution >= 0.6 is 0 Å². The van der Waals surface area contributed by atoms with Gasteiger partial charge in [0.15, 0.2) is 30.9 Å². The topological polar surface area (TPSA) is 265 Å². The molecule has 0 bridgehead atoms. The van der Waals surface area contributed by atoms with Crippen molar-refractivity contribution < 1.29 is 88.6 Å². The van der Waals surface area contributed by atoms with E-state index in [9.17, 15) is 46.0 Å². The number of ether oxygens (including phenoxy) is 9. The van der Waals surface area contributed by atoms with Crippen LogP contribution < -0.4 is 0 Å². The Hall–Kier alpha value is -0.980. The van der Waals surface area contributed by atoms with E-state index in [0.717, 1.165) is 44.9 Å². The van der Waals surface area contributed by atoms with Crippen molar-refractivity contribution in [3.05, 3.63) is 11.6 Å². The van der Waals surface area contributed by atoms with Gasteiger partial charge in [0.1, 0.15) is 67.1 Å². The maximum absolute atomic E-state index is 11.6. The number of aliphatic hydroxyl groups is 9. The SMILES string of the molecule is CO[C@@H]1O[C@]2(CC[C@H]1C)O[C@H]1C[C@H]3[C@@H]4CC=C5C[C@@H](O[C@@H]6O[C@H](CO[C@@H]7O[C@H](CO)[C@@H](O)[C@H](O)[C@H]7O)[C@@H](O)[C@H](O)[C@H]6O[C@@H]6O[C@@H](C)[C@H](O)[C@@H](O)[C@H]6O)CC[C@]5(C)[C@H]4CC[C@]3(C)[C@H]1[C@@H]2C. The number of methoxy groups -OCH3 is 1. The van der Waals surface area contributed by atoms with Crippen molar-refractivity contribution in [2.24, 2.45) is 46.3 Å². The zero-order valence-corrected chi connectivity index (χ0v) is 37.9. The molecule has 3 saturated carbocycles. The Bertz CT molecular complexity index is 1670. The van der Waals surface area contributed by atoms with E-state index in [4.69, 9.17) is 42.6 Å². The predicted molar refractivity (Wildman–Crippen MR) is 220 cm³/mol. The van der Waals surface area contributed by atoms with Gasteiger partial charge in [0, 0.05) is 25.4 Å². The summed E-state index contributed by atoms with van der Waals surface area (Å²) in [6, 6.07) is 0. The van der Waals surface area contributed by atoms with Gasteiger partial charge in [0.25, 0.3) is 0 Å². The molecule has 0 aromatic heterocycles.